The van der Waals surface area contributed by atoms with Crippen LogP contribution in [-0.4, -0.2) is 38.2 Å². The van der Waals surface area contributed by atoms with Crippen molar-refractivity contribution >= 4 is 33.7 Å². The van der Waals surface area contributed by atoms with Crippen molar-refractivity contribution in [1.29, 1.82) is 0 Å². The van der Waals surface area contributed by atoms with E-state index in [4.69, 9.17) is 0 Å². The van der Waals surface area contributed by atoms with E-state index >= 15 is 0 Å². The predicted molar refractivity (Wildman–Crippen MR) is 119 cm³/mol. The highest BCUT2D eigenvalue weighted by Crippen LogP contribution is 2.27. The molecule has 0 aliphatic rings. The number of hydrogen-bond donors (Lipinski definition) is 0. The summed E-state index contributed by atoms with van der Waals surface area (Å²) in [6.07, 6.45) is 3.56. The van der Waals surface area contributed by atoms with Gasteiger partial charge < -0.3 is 4.90 Å². The zero-order valence-corrected chi connectivity index (χ0v) is 17.8. The molecule has 0 bridgehead atoms. The van der Waals surface area contributed by atoms with E-state index in [0.29, 0.717) is 17.3 Å². The molecule has 9 heteroatoms. The molecule has 0 saturated heterocycles. The van der Waals surface area contributed by atoms with Gasteiger partial charge in [0, 0.05) is 55.3 Å². The molecule has 0 amide bonds. The standard InChI is InChI=1S/C20H20N6OS2/c1-4-9-26-18(14-5-7-16(8-6-14)24(2)3)22-23-20(26)29-13-15-12-17(27)25-10-11-28-19(25)21-15/h4-8,10-12H,1,9,13H2,2-3H3. The van der Waals surface area contributed by atoms with E-state index in [1.54, 1.807) is 16.7 Å². The third-order valence-corrected chi connectivity index (χ3v) is 6.13. The fraction of sp³-hybridized carbons (Fsp3) is 0.200. The van der Waals surface area contributed by atoms with Crippen molar-refractivity contribution in [3.8, 4) is 11.4 Å². The maximum absolute atomic E-state index is 12.2. The molecule has 0 fully saturated rings. The van der Waals surface area contributed by atoms with Crippen LogP contribution in [0.4, 0.5) is 5.69 Å². The van der Waals surface area contributed by atoms with E-state index in [1.807, 2.05) is 42.3 Å². The minimum atomic E-state index is -0.0684. The predicted octanol–water partition coefficient (Wildman–Crippen LogP) is 3.56. The van der Waals surface area contributed by atoms with Crippen molar-refractivity contribution in [2.24, 2.45) is 0 Å². The van der Waals surface area contributed by atoms with Crippen LogP contribution >= 0.6 is 23.1 Å². The summed E-state index contributed by atoms with van der Waals surface area (Å²) in [5, 5.41) is 11.4. The summed E-state index contributed by atoms with van der Waals surface area (Å²) < 4.78 is 3.58. The molecule has 0 radical (unpaired) electrons. The summed E-state index contributed by atoms with van der Waals surface area (Å²) in [6.45, 7) is 4.46. The Kier molecular flexibility index (Phi) is 5.50. The van der Waals surface area contributed by atoms with Crippen molar-refractivity contribution in [3.63, 3.8) is 0 Å². The topological polar surface area (TPSA) is 68.3 Å². The summed E-state index contributed by atoms with van der Waals surface area (Å²) in [4.78, 5) is 19.5. The smallest absolute Gasteiger partial charge is 0.258 e. The van der Waals surface area contributed by atoms with Gasteiger partial charge in [0.1, 0.15) is 0 Å². The summed E-state index contributed by atoms with van der Waals surface area (Å²) in [5.74, 6) is 1.33. The molecule has 1 aromatic carbocycles. The molecule has 7 nitrogen and oxygen atoms in total. The van der Waals surface area contributed by atoms with Gasteiger partial charge in [-0.3, -0.25) is 13.8 Å². The molecule has 148 valence electrons. The molecular weight excluding hydrogens is 404 g/mol. The van der Waals surface area contributed by atoms with Crippen LogP contribution in [0.3, 0.4) is 0 Å². The highest BCUT2D eigenvalue weighted by atomic mass is 32.2. The van der Waals surface area contributed by atoms with Crippen LogP contribution in [0.25, 0.3) is 16.3 Å². The lowest BCUT2D eigenvalue weighted by molar-refractivity contribution is 0.731. The normalized spacial score (nSPS) is 11.1. The van der Waals surface area contributed by atoms with Gasteiger partial charge in [0.15, 0.2) is 15.9 Å². The maximum Gasteiger partial charge on any atom is 0.258 e. The number of fused-ring (bicyclic) bond motifs is 1. The van der Waals surface area contributed by atoms with Crippen molar-refractivity contribution in [1.82, 2.24) is 24.1 Å². The molecule has 4 aromatic rings. The lowest BCUT2D eigenvalue weighted by atomic mass is 10.2. The van der Waals surface area contributed by atoms with E-state index in [1.165, 1.54) is 23.1 Å². The van der Waals surface area contributed by atoms with Crippen molar-refractivity contribution in [3.05, 3.63) is 70.6 Å². The fourth-order valence-corrected chi connectivity index (χ4v) is 4.49. The lowest BCUT2D eigenvalue weighted by Gasteiger charge is -2.13. The maximum atomic E-state index is 12.2. The monoisotopic (exact) mass is 424 g/mol. The van der Waals surface area contributed by atoms with E-state index in [9.17, 15) is 4.79 Å². The van der Waals surface area contributed by atoms with Gasteiger partial charge in [-0.05, 0) is 24.3 Å². The minimum Gasteiger partial charge on any atom is -0.378 e. The van der Waals surface area contributed by atoms with Crippen LogP contribution < -0.4 is 10.5 Å². The van der Waals surface area contributed by atoms with Crippen LogP contribution in [0.1, 0.15) is 5.69 Å². The van der Waals surface area contributed by atoms with Crippen molar-refractivity contribution < 1.29 is 0 Å². The molecule has 4 rings (SSSR count). The van der Waals surface area contributed by atoms with Crippen LogP contribution in [0.2, 0.25) is 0 Å². The summed E-state index contributed by atoms with van der Waals surface area (Å²) in [5.41, 5.74) is 2.78. The van der Waals surface area contributed by atoms with Crippen molar-refractivity contribution in [2.75, 3.05) is 19.0 Å². The van der Waals surface area contributed by atoms with Crippen LogP contribution in [0, 0.1) is 0 Å². The summed E-state index contributed by atoms with van der Waals surface area (Å²) in [6, 6.07) is 9.77. The van der Waals surface area contributed by atoms with Crippen LogP contribution in [-0.2, 0) is 12.3 Å². The third kappa shape index (κ3) is 3.96. The first-order valence-electron chi connectivity index (χ1n) is 8.97. The molecule has 29 heavy (non-hydrogen) atoms. The average Bonchev–Trinajstić information content (AvgIpc) is 3.34. The second-order valence-corrected chi connectivity index (χ2v) is 8.39. The largest absolute Gasteiger partial charge is 0.378 e. The van der Waals surface area contributed by atoms with Gasteiger partial charge in [0.05, 0.1) is 5.69 Å². The Morgan fingerprint density at radius 2 is 2.03 bits per heavy atom. The number of thioether (sulfide) groups is 1. The van der Waals surface area contributed by atoms with E-state index < -0.39 is 0 Å². The Bertz CT molecular complexity index is 1210. The molecule has 3 heterocycles. The van der Waals surface area contributed by atoms with E-state index in [2.05, 4.69) is 38.8 Å². The number of allylic oxidation sites excluding steroid dienone is 1. The summed E-state index contributed by atoms with van der Waals surface area (Å²) >= 11 is 2.96. The number of benzene rings is 1. The van der Waals surface area contributed by atoms with Gasteiger partial charge in [0.2, 0.25) is 0 Å². The average molecular weight is 425 g/mol. The Balaban J connectivity index is 1.60. The number of hydrogen-bond acceptors (Lipinski definition) is 7. The molecule has 3 aromatic heterocycles. The Hall–Kier alpha value is -2.91. The zero-order valence-electron chi connectivity index (χ0n) is 16.1. The first-order chi connectivity index (χ1) is 14.1. The Morgan fingerprint density at radius 1 is 1.24 bits per heavy atom. The molecule has 0 N–H and O–H groups in total. The summed E-state index contributed by atoms with van der Waals surface area (Å²) in [7, 11) is 4.02. The molecular formula is C20H20N6OS2. The van der Waals surface area contributed by atoms with Crippen LogP contribution in [0.5, 0.6) is 0 Å². The van der Waals surface area contributed by atoms with Gasteiger partial charge in [-0.25, -0.2) is 4.98 Å². The van der Waals surface area contributed by atoms with Crippen molar-refractivity contribution in [2.45, 2.75) is 17.5 Å². The van der Waals surface area contributed by atoms with Gasteiger partial charge >= 0.3 is 0 Å². The molecule has 0 saturated carbocycles. The first kappa shape index (κ1) is 19.4. The molecule has 0 spiro atoms. The Labute approximate surface area is 176 Å². The molecule has 0 aliphatic carbocycles. The van der Waals surface area contributed by atoms with E-state index in [0.717, 1.165) is 27.9 Å². The first-order valence-corrected chi connectivity index (χ1v) is 10.8. The quantitative estimate of drug-likeness (QED) is 0.334. The molecule has 0 unspecified atom stereocenters. The third-order valence-electron chi connectivity index (χ3n) is 4.38. The second kappa shape index (κ2) is 8.22. The minimum absolute atomic E-state index is 0.0684. The number of anilines is 1. The molecule has 0 aliphatic heterocycles. The van der Waals surface area contributed by atoms with Gasteiger partial charge in [-0.15, -0.1) is 28.1 Å². The zero-order chi connectivity index (χ0) is 20.4. The van der Waals surface area contributed by atoms with Gasteiger partial charge in [0.25, 0.3) is 5.56 Å². The molecule has 0 atom stereocenters. The highest BCUT2D eigenvalue weighted by molar-refractivity contribution is 7.98. The SMILES string of the molecule is C=CCn1c(SCc2cc(=O)n3ccsc3n2)nnc1-c1ccc(N(C)C)cc1. The fourth-order valence-electron chi connectivity index (χ4n) is 2.91. The lowest BCUT2D eigenvalue weighted by Crippen LogP contribution is -2.12. The highest BCUT2D eigenvalue weighted by Gasteiger charge is 2.15. The van der Waals surface area contributed by atoms with Gasteiger partial charge in [-0.1, -0.05) is 17.8 Å². The number of nitrogens with zero attached hydrogens (tertiary/aromatic N) is 6. The van der Waals surface area contributed by atoms with Crippen LogP contribution in [0.15, 0.2) is 64.5 Å². The number of thiazole rings is 1. The van der Waals surface area contributed by atoms with Gasteiger partial charge in [-0.2, -0.15) is 0 Å². The van der Waals surface area contributed by atoms with E-state index in [-0.39, 0.29) is 5.56 Å². The second-order valence-electron chi connectivity index (χ2n) is 6.58. The number of rotatable bonds is 7. The number of aromatic nitrogens is 5. The Morgan fingerprint density at radius 3 is 2.76 bits per heavy atom.